The van der Waals surface area contributed by atoms with Gasteiger partial charge in [-0.3, -0.25) is 14.4 Å². The third-order valence-corrected chi connectivity index (χ3v) is 16.0. The summed E-state index contributed by atoms with van der Waals surface area (Å²) >= 11 is 1.59. The van der Waals surface area contributed by atoms with Crippen molar-refractivity contribution >= 4 is 46.5 Å². The lowest BCUT2D eigenvalue weighted by Crippen LogP contribution is -2.59. The minimum absolute atomic E-state index is 0.0353. The average molecular weight is 985 g/mol. The lowest BCUT2D eigenvalue weighted by atomic mass is 9.73. The van der Waals surface area contributed by atoms with Crippen LogP contribution in [0.4, 0.5) is 17.5 Å². The Balaban J connectivity index is 0.722. The molecule has 6 N–H and O–H groups in total. The molecule has 376 valence electrons. The number of amides is 3. The van der Waals surface area contributed by atoms with Gasteiger partial charge < -0.3 is 46.2 Å². The predicted molar refractivity (Wildman–Crippen MR) is 275 cm³/mol. The maximum atomic E-state index is 14.2. The van der Waals surface area contributed by atoms with Crippen molar-refractivity contribution in [3.8, 4) is 27.4 Å². The second-order valence-corrected chi connectivity index (χ2v) is 22.2. The van der Waals surface area contributed by atoms with Gasteiger partial charge in [-0.15, -0.1) is 21.5 Å². The van der Waals surface area contributed by atoms with E-state index in [1.54, 1.807) is 23.5 Å². The highest BCUT2D eigenvalue weighted by molar-refractivity contribution is 7.13. The molecular formula is C53H68N12O5S. The number of likely N-dealkylation sites (tertiary alicyclic amines) is 2. The number of phenolic OH excluding ortho intramolecular Hbond substituents is 1. The Morgan fingerprint density at radius 3 is 2.24 bits per heavy atom. The fourth-order valence-corrected chi connectivity index (χ4v) is 11.8. The maximum absolute atomic E-state index is 14.2. The average Bonchev–Trinajstić information content (AvgIpc) is 3.96. The van der Waals surface area contributed by atoms with Gasteiger partial charge in [0, 0.05) is 75.1 Å². The number of aliphatic hydroxyl groups excluding tert-OH is 1. The van der Waals surface area contributed by atoms with E-state index < -0.39 is 23.6 Å². The van der Waals surface area contributed by atoms with Gasteiger partial charge in [0.25, 0.3) is 0 Å². The minimum atomic E-state index is -0.853. The number of nitrogens with two attached hydrogens (primary N) is 1. The van der Waals surface area contributed by atoms with E-state index >= 15 is 0 Å². The molecule has 5 atom stereocenters. The van der Waals surface area contributed by atoms with Crippen molar-refractivity contribution in [2.24, 2.45) is 17.3 Å². The number of hydrogen-bond donors (Lipinski definition) is 5. The molecule has 0 radical (unpaired) electrons. The Morgan fingerprint density at radius 1 is 0.901 bits per heavy atom. The lowest BCUT2D eigenvalue weighted by molar-refractivity contribution is -0.145. The number of aromatic hydroxyl groups is 1. The van der Waals surface area contributed by atoms with Crippen LogP contribution in [-0.4, -0.2) is 132 Å². The van der Waals surface area contributed by atoms with Crippen LogP contribution in [0.3, 0.4) is 0 Å². The lowest BCUT2D eigenvalue weighted by Gasteiger charge is -2.45. The number of carbonyl (C=O) groups is 3. The van der Waals surface area contributed by atoms with Crippen LogP contribution in [0.1, 0.15) is 89.5 Å². The van der Waals surface area contributed by atoms with E-state index in [-0.39, 0.29) is 61.0 Å². The number of β-amino-alcohol motifs (C(OH)–C–C–N with tert-alkyl or cyclic N) is 1. The summed E-state index contributed by atoms with van der Waals surface area (Å²) in [6.07, 6.45) is 6.85. The predicted octanol–water partition coefficient (Wildman–Crippen LogP) is 5.77. The smallest absolute Gasteiger partial charge is 0.246 e. The van der Waals surface area contributed by atoms with Crippen LogP contribution in [0.5, 0.6) is 5.75 Å². The Labute approximate surface area is 420 Å². The standard InChI is InChI=1S/C53H68N12O5S/c1-31-26-63(43-22-42(60-61-48(43)54)41-9-7-8-10-45(41)67)27-32(2)65(31)52-56-24-39(25-57-52)36-15-17-62(18-16-36)28-35-19-38(20-35)49(68)59-47(53(4,5)6)51(70)64-29-40(66)21-44(64)50(69)55-23-34-11-13-37(14-12-34)46-33(3)58-30-71-46/h7-14,22,24-25,30-32,35-36,38,40,44,47,66-67H,15-21,23,26-29H2,1-6H3,(H2,54,61)(H,55,69)(H,59,68)/t31?,32?,35-,38-,40-,44+,47-/m1/s1. The Morgan fingerprint density at radius 2 is 1.59 bits per heavy atom. The molecule has 0 bridgehead atoms. The van der Waals surface area contributed by atoms with Gasteiger partial charge >= 0.3 is 0 Å². The quantitative estimate of drug-likeness (QED) is 0.0947. The number of anilines is 3. The molecule has 3 aromatic heterocycles. The third-order valence-electron chi connectivity index (χ3n) is 15.0. The Bertz CT molecular complexity index is 2670. The van der Waals surface area contributed by atoms with Gasteiger partial charge in [0.2, 0.25) is 23.7 Å². The van der Waals surface area contributed by atoms with Crippen molar-refractivity contribution in [1.29, 1.82) is 0 Å². The second-order valence-electron chi connectivity index (χ2n) is 21.3. The maximum Gasteiger partial charge on any atom is 0.246 e. The van der Waals surface area contributed by atoms with Crippen molar-refractivity contribution in [1.82, 2.24) is 45.6 Å². The number of nitrogens with zero attached hydrogens (tertiary/aromatic N) is 9. The monoisotopic (exact) mass is 985 g/mol. The van der Waals surface area contributed by atoms with Gasteiger partial charge in [-0.25, -0.2) is 15.0 Å². The van der Waals surface area contributed by atoms with Crippen LogP contribution >= 0.6 is 11.3 Å². The highest BCUT2D eigenvalue weighted by atomic mass is 32.1. The first-order valence-corrected chi connectivity index (χ1v) is 25.9. The summed E-state index contributed by atoms with van der Waals surface area (Å²) in [5.74, 6) is 0.993. The number of hydrogen-bond acceptors (Lipinski definition) is 15. The molecule has 18 heteroatoms. The first-order chi connectivity index (χ1) is 34.0. The fraction of sp³-hybridized carbons (Fsp3) is 0.509. The molecule has 9 rings (SSSR count). The number of aryl methyl sites for hydroxylation is 1. The number of benzene rings is 2. The molecule has 71 heavy (non-hydrogen) atoms. The van der Waals surface area contributed by atoms with E-state index in [4.69, 9.17) is 15.7 Å². The molecule has 1 saturated carbocycles. The minimum Gasteiger partial charge on any atom is -0.507 e. The molecule has 17 nitrogen and oxygen atoms in total. The first-order valence-electron chi connectivity index (χ1n) is 25.1. The highest BCUT2D eigenvalue weighted by Gasteiger charge is 2.46. The summed E-state index contributed by atoms with van der Waals surface area (Å²) in [6.45, 7) is 16.6. The van der Waals surface area contributed by atoms with Crippen LogP contribution in [0, 0.1) is 24.2 Å². The van der Waals surface area contributed by atoms with E-state index in [2.05, 4.69) is 54.4 Å². The number of thiazole rings is 1. The van der Waals surface area contributed by atoms with E-state index in [0.29, 0.717) is 47.9 Å². The van der Waals surface area contributed by atoms with E-state index in [1.165, 1.54) is 4.90 Å². The summed E-state index contributed by atoms with van der Waals surface area (Å²) < 4.78 is 0. The number of piperazine rings is 1. The SMILES string of the molecule is Cc1ncsc1-c1ccc(CNC(=O)[C@@H]2C[C@@H](O)CN2C(=O)[C@@H](NC(=O)[C@H]2C[C@H](CN3CCC(c4cnc(N5C(C)CN(c6cc(-c7ccccc7O)nnc6N)CC5C)nc4)CC3)C2)C(C)(C)C)cc1. The molecule has 1 aliphatic carbocycles. The molecule has 5 aromatic rings. The van der Waals surface area contributed by atoms with Crippen LogP contribution in [0.25, 0.3) is 21.7 Å². The number of carbonyl (C=O) groups excluding carboxylic acids is 3. The molecule has 2 aromatic carbocycles. The molecule has 4 fully saturated rings. The van der Waals surface area contributed by atoms with Crippen LogP contribution in [-0.2, 0) is 20.9 Å². The van der Waals surface area contributed by atoms with Gasteiger partial charge in [-0.05, 0) is 112 Å². The van der Waals surface area contributed by atoms with Crippen LogP contribution in [0.15, 0.2) is 72.5 Å². The van der Waals surface area contributed by atoms with Gasteiger partial charge in [-0.2, -0.15) is 0 Å². The summed E-state index contributed by atoms with van der Waals surface area (Å²) in [5, 5.41) is 35.7. The third kappa shape index (κ3) is 11.0. The summed E-state index contributed by atoms with van der Waals surface area (Å²) in [6, 6.07) is 15.4. The van der Waals surface area contributed by atoms with Gasteiger partial charge in [0.05, 0.1) is 33.6 Å². The number of para-hydroxylation sites is 1. The van der Waals surface area contributed by atoms with E-state index in [9.17, 15) is 24.6 Å². The topological polar surface area (TPSA) is 219 Å². The normalized spacial score (nSPS) is 23.6. The number of piperidine rings is 1. The zero-order chi connectivity index (χ0) is 50.1. The Kier molecular flexibility index (Phi) is 14.6. The van der Waals surface area contributed by atoms with Gasteiger partial charge in [-0.1, -0.05) is 57.2 Å². The molecule has 0 spiro atoms. The number of nitrogens with one attached hydrogen (secondary N) is 2. The largest absolute Gasteiger partial charge is 0.507 e. The van der Waals surface area contributed by atoms with Gasteiger partial charge in [0.1, 0.15) is 17.8 Å². The van der Waals surface area contributed by atoms with Crippen molar-refractivity contribution in [2.75, 3.05) is 54.8 Å². The van der Waals surface area contributed by atoms with Crippen molar-refractivity contribution in [3.05, 3.63) is 89.3 Å². The summed E-state index contributed by atoms with van der Waals surface area (Å²) in [7, 11) is 0. The number of nitrogen functional groups attached to an aromatic ring is 1. The van der Waals surface area contributed by atoms with Crippen molar-refractivity contribution in [2.45, 2.75) is 116 Å². The molecular weight excluding hydrogens is 917 g/mol. The van der Waals surface area contributed by atoms with Crippen molar-refractivity contribution < 1.29 is 24.6 Å². The summed E-state index contributed by atoms with van der Waals surface area (Å²) in [5.41, 5.74) is 13.6. The van der Waals surface area contributed by atoms with Crippen LogP contribution in [0.2, 0.25) is 0 Å². The molecule has 2 unspecified atom stereocenters. The van der Waals surface area contributed by atoms with Crippen molar-refractivity contribution in [3.63, 3.8) is 0 Å². The molecule has 3 saturated heterocycles. The van der Waals surface area contributed by atoms with Crippen LogP contribution < -0.4 is 26.2 Å². The first kappa shape index (κ1) is 49.7. The van der Waals surface area contributed by atoms with E-state index in [1.807, 2.05) is 88.1 Å². The van der Waals surface area contributed by atoms with Gasteiger partial charge in [0.15, 0.2) is 5.82 Å². The number of phenols is 1. The number of rotatable bonds is 13. The zero-order valence-corrected chi connectivity index (χ0v) is 42.5. The fourth-order valence-electron chi connectivity index (χ4n) is 11.0. The zero-order valence-electron chi connectivity index (χ0n) is 41.7. The highest BCUT2D eigenvalue weighted by Crippen LogP contribution is 2.38. The number of aliphatic hydroxyl groups is 1. The molecule has 6 heterocycles. The summed E-state index contributed by atoms with van der Waals surface area (Å²) in [4.78, 5) is 65.3. The molecule has 3 aliphatic heterocycles. The molecule has 4 aliphatic rings. The second kappa shape index (κ2) is 20.8. The number of aromatic nitrogens is 5. The Hall–Kier alpha value is -6.24. The molecule has 3 amide bonds. The van der Waals surface area contributed by atoms with E-state index in [0.717, 1.165) is 78.3 Å².